The van der Waals surface area contributed by atoms with Gasteiger partial charge in [0.2, 0.25) is 5.91 Å². The highest BCUT2D eigenvalue weighted by Gasteiger charge is 2.12. The van der Waals surface area contributed by atoms with Crippen molar-refractivity contribution in [1.82, 2.24) is 5.32 Å². The van der Waals surface area contributed by atoms with Crippen LogP contribution >= 0.6 is 0 Å². The molecule has 0 aromatic heterocycles. The van der Waals surface area contributed by atoms with Crippen molar-refractivity contribution >= 4 is 11.9 Å². The summed E-state index contributed by atoms with van der Waals surface area (Å²) in [5.41, 5.74) is 6.70. The molecule has 0 radical (unpaired) electrons. The number of rotatable bonds is 7. The number of carboxylic acid groups (broad SMARTS) is 1. The fraction of sp³-hybridized carbons (Fsp3) is 0.429. The van der Waals surface area contributed by atoms with Gasteiger partial charge in [-0.25, -0.2) is 4.79 Å². The van der Waals surface area contributed by atoms with E-state index in [-0.39, 0.29) is 11.5 Å². The Kier molecular flexibility index (Phi) is 6.02. The summed E-state index contributed by atoms with van der Waals surface area (Å²) in [7, 11) is 0. The zero-order valence-corrected chi connectivity index (χ0v) is 11.1. The lowest BCUT2D eigenvalue weighted by Gasteiger charge is -2.11. The van der Waals surface area contributed by atoms with Crippen LogP contribution in [-0.2, 0) is 11.3 Å². The van der Waals surface area contributed by atoms with E-state index in [4.69, 9.17) is 10.8 Å². The molecule has 0 aliphatic rings. The molecule has 0 aliphatic heterocycles. The minimum atomic E-state index is -0.979. The number of unbranched alkanes of at least 4 members (excludes halogenated alkanes) is 1. The molecule has 0 heterocycles. The first-order chi connectivity index (χ1) is 9.04. The second-order valence-corrected chi connectivity index (χ2v) is 4.47. The Balaban J connectivity index is 2.50. The maximum Gasteiger partial charge on any atom is 0.335 e. The molecule has 0 unspecified atom stereocenters. The monoisotopic (exact) mass is 264 g/mol. The molecule has 0 fully saturated rings. The summed E-state index contributed by atoms with van der Waals surface area (Å²) >= 11 is 0. The smallest absolute Gasteiger partial charge is 0.335 e. The minimum Gasteiger partial charge on any atom is -0.478 e. The number of hydrogen-bond acceptors (Lipinski definition) is 3. The molecule has 1 aromatic rings. The molecule has 0 spiro atoms. The molecule has 0 aliphatic carbocycles. The van der Waals surface area contributed by atoms with Crippen molar-refractivity contribution in [3.05, 3.63) is 35.4 Å². The van der Waals surface area contributed by atoms with E-state index < -0.39 is 12.0 Å². The van der Waals surface area contributed by atoms with Gasteiger partial charge in [-0.2, -0.15) is 0 Å². The highest BCUT2D eigenvalue weighted by atomic mass is 16.4. The number of nitrogens with one attached hydrogen (secondary N) is 1. The summed E-state index contributed by atoms with van der Waals surface area (Å²) in [6, 6.07) is 5.98. The van der Waals surface area contributed by atoms with Gasteiger partial charge in [0.15, 0.2) is 0 Å². The third-order valence-electron chi connectivity index (χ3n) is 2.85. The van der Waals surface area contributed by atoms with Crippen LogP contribution in [0.15, 0.2) is 24.3 Å². The average Bonchev–Trinajstić information content (AvgIpc) is 2.42. The molecule has 19 heavy (non-hydrogen) atoms. The molecule has 1 atom stereocenters. The number of carbonyl (C=O) groups excluding carboxylic acids is 1. The van der Waals surface area contributed by atoms with Crippen LogP contribution in [0.25, 0.3) is 0 Å². The van der Waals surface area contributed by atoms with E-state index in [1.165, 1.54) is 6.07 Å². The number of aromatic carboxylic acids is 1. The van der Waals surface area contributed by atoms with E-state index in [0.717, 1.165) is 18.4 Å². The lowest BCUT2D eigenvalue weighted by molar-refractivity contribution is -0.122. The molecule has 0 saturated carbocycles. The summed E-state index contributed by atoms with van der Waals surface area (Å²) in [5, 5.41) is 11.6. The van der Waals surface area contributed by atoms with Gasteiger partial charge in [-0.3, -0.25) is 4.79 Å². The van der Waals surface area contributed by atoms with Crippen LogP contribution in [0, 0.1) is 0 Å². The predicted molar refractivity (Wildman–Crippen MR) is 72.7 cm³/mol. The zero-order valence-electron chi connectivity index (χ0n) is 11.1. The SMILES string of the molecule is CCCC[C@H](N)C(=O)NCc1cccc(C(=O)O)c1. The third-order valence-corrected chi connectivity index (χ3v) is 2.85. The standard InChI is InChI=1S/C14H20N2O3/c1-2-3-7-12(15)13(17)16-9-10-5-4-6-11(8-10)14(18)19/h4-6,8,12H,2-3,7,9,15H2,1H3,(H,16,17)(H,18,19)/t12-/m0/s1. The number of benzene rings is 1. The Morgan fingerprint density at radius 1 is 1.42 bits per heavy atom. The molecule has 5 heteroatoms. The Bertz CT molecular complexity index is 446. The minimum absolute atomic E-state index is 0.200. The molecule has 1 amide bonds. The van der Waals surface area contributed by atoms with Gasteiger partial charge in [0, 0.05) is 6.54 Å². The van der Waals surface area contributed by atoms with Crippen molar-refractivity contribution < 1.29 is 14.7 Å². The summed E-state index contributed by atoms with van der Waals surface area (Å²) in [5.74, 6) is -1.18. The van der Waals surface area contributed by atoms with E-state index in [0.29, 0.717) is 13.0 Å². The van der Waals surface area contributed by atoms with Gasteiger partial charge in [0.05, 0.1) is 11.6 Å². The van der Waals surface area contributed by atoms with Crippen LogP contribution in [0.4, 0.5) is 0 Å². The van der Waals surface area contributed by atoms with Crippen molar-refractivity contribution in [3.8, 4) is 0 Å². The molecule has 104 valence electrons. The first-order valence-corrected chi connectivity index (χ1v) is 6.40. The van der Waals surface area contributed by atoms with Crippen LogP contribution in [-0.4, -0.2) is 23.0 Å². The highest BCUT2D eigenvalue weighted by Crippen LogP contribution is 2.05. The number of carbonyl (C=O) groups is 2. The predicted octanol–water partition coefficient (Wildman–Crippen LogP) is 1.52. The normalized spacial score (nSPS) is 11.9. The average molecular weight is 264 g/mol. The fourth-order valence-electron chi connectivity index (χ4n) is 1.69. The molecule has 1 aromatic carbocycles. The van der Waals surface area contributed by atoms with Crippen molar-refractivity contribution in [3.63, 3.8) is 0 Å². The summed E-state index contributed by atoms with van der Waals surface area (Å²) in [6.45, 7) is 2.34. The van der Waals surface area contributed by atoms with Crippen LogP contribution < -0.4 is 11.1 Å². The van der Waals surface area contributed by atoms with Gasteiger partial charge in [-0.1, -0.05) is 31.9 Å². The van der Waals surface area contributed by atoms with Gasteiger partial charge in [-0.15, -0.1) is 0 Å². The van der Waals surface area contributed by atoms with E-state index >= 15 is 0 Å². The summed E-state index contributed by atoms with van der Waals surface area (Å²) in [6.07, 6.45) is 2.59. The second kappa shape index (κ2) is 7.53. The number of carboxylic acids is 1. The van der Waals surface area contributed by atoms with Crippen LogP contribution in [0.3, 0.4) is 0 Å². The Morgan fingerprint density at radius 2 is 2.16 bits per heavy atom. The largest absolute Gasteiger partial charge is 0.478 e. The zero-order chi connectivity index (χ0) is 14.3. The van der Waals surface area contributed by atoms with Gasteiger partial charge in [-0.05, 0) is 24.1 Å². The quantitative estimate of drug-likeness (QED) is 0.696. The molecule has 5 nitrogen and oxygen atoms in total. The van der Waals surface area contributed by atoms with E-state index in [1.807, 2.05) is 6.92 Å². The van der Waals surface area contributed by atoms with E-state index in [1.54, 1.807) is 18.2 Å². The van der Waals surface area contributed by atoms with E-state index in [2.05, 4.69) is 5.32 Å². The molecular formula is C14H20N2O3. The highest BCUT2D eigenvalue weighted by molar-refractivity contribution is 5.87. The topological polar surface area (TPSA) is 92.4 Å². The van der Waals surface area contributed by atoms with Gasteiger partial charge < -0.3 is 16.2 Å². The van der Waals surface area contributed by atoms with E-state index in [9.17, 15) is 9.59 Å². The first-order valence-electron chi connectivity index (χ1n) is 6.40. The van der Waals surface area contributed by atoms with Crippen LogP contribution in [0.1, 0.15) is 42.1 Å². The Morgan fingerprint density at radius 3 is 2.79 bits per heavy atom. The van der Waals surface area contributed by atoms with Crippen molar-refractivity contribution in [2.45, 2.75) is 38.8 Å². The molecule has 0 bridgehead atoms. The lowest BCUT2D eigenvalue weighted by atomic mass is 10.1. The molecule has 1 rings (SSSR count). The molecular weight excluding hydrogens is 244 g/mol. The molecule has 4 N–H and O–H groups in total. The van der Waals surface area contributed by atoms with Gasteiger partial charge in [0.25, 0.3) is 0 Å². The third kappa shape index (κ3) is 5.09. The lowest BCUT2D eigenvalue weighted by Crippen LogP contribution is -2.40. The second-order valence-electron chi connectivity index (χ2n) is 4.47. The van der Waals surface area contributed by atoms with Gasteiger partial charge in [0.1, 0.15) is 0 Å². The van der Waals surface area contributed by atoms with Crippen LogP contribution in [0.2, 0.25) is 0 Å². The first kappa shape index (κ1) is 15.2. The Hall–Kier alpha value is -1.88. The Labute approximate surface area is 112 Å². The fourth-order valence-corrected chi connectivity index (χ4v) is 1.69. The van der Waals surface area contributed by atoms with Gasteiger partial charge >= 0.3 is 5.97 Å². The summed E-state index contributed by atoms with van der Waals surface area (Å²) < 4.78 is 0. The summed E-state index contributed by atoms with van der Waals surface area (Å²) in [4.78, 5) is 22.5. The number of hydrogen-bond donors (Lipinski definition) is 3. The number of nitrogens with two attached hydrogens (primary N) is 1. The van der Waals surface area contributed by atoms with Crippen molar-refractivity contribution in [2.75, 3.05) is 0 Å². The maximum atomic E-state index is 11.7. The van der Waals surface area contributed by atoms with Crippen molar-refractivity contribution in [2.24, 2.45) is 5.73 Å². The maximum absolute atomic E-state index is 11.7. The van der Waals surface area contributed by atoms with Crippen LogP contribution in [0.5, 0.6) is 0 Å². The molecule has 0 saturated heterocycles. The van der Waals surface area contributed by atoms with Crippen molar-refractivity contribution in [1.29, 1.82) is 0 Å². The number of amides is 1.